The quantitative estimate of drug-likeness (QED) is 0.543. The first-order valence-corrected chi connectivity index (χ1v) is 7.34. The van der Waals surface area contributed by atoms with Gasteiger partial charge in [-0.1, -0.05) is 6.07 Å². The van der Waals surface area contributed by atoms with Gasteiger partial charge in [0, 0.05) is 25.9 Å². The Hall–Kier alpha value is -0.970. The highest BCUT2D eigenvalue weighted by molar-refractivity contribution is 7.27. The summed E-state index contributed by atoms with van der Waals surface area (Å²) in [4.78, 5) is 0.879. The van der Waals surface area contributed by atoms with Crippen molar-refractivity contribution >= 4 is 43.7 Å². The normalized spacial score (nSPS) is 13.1. The third kappa shape index (κ3) is 2.05. The molecule has 2 aromatic heterocycles. The summed E-state index contributed by atoms with van der Waals surface area (Å²) in [6, 6.07) is 7.46. The Morgan fingerprint density at radius 2 is 1.89 bits per heavy atom. The zero-order chi connectivity index (χ0) is 12.7. The van der Waals surface area contributed by atoms with Gasteiger partial charge in [-0.2, -0.15) is 0 Å². The first-order valence-electron chi connectivity index (χ1n) is 5.21. The topological polar surface area (TPSA) is 0 Å². The minimum absolute atomic E-state index is 0.312. The van der Waals surface area contributed by atoms with E-state index in [-0.39, 0.29) is 0 Å². The predicted molar refractivity (Wildman–Crippen MR) is 73.8 cm³/mol. The van der Waals surface area contributed by atoms with Crippen LogP contribution in [0.15, 0.2) is 35.7 Å². The van der Waals surface area contributed by atoms with Crippen LogP contribution in [0.25, 0.3) is 9.40 Å². The molecule has 3 rings (SSSR count). The second kappa shape index (κ2) is 4.61. The molecule has 0 fully saturated rings. The van der Waals surface area contributed by atoms with E-state index in [9.17, 15) is 8.78 Å². The van der Waals surface area contributed by atoms with Gasteiger partial charge in [-0.3, -0.25) is 0 Å². The van der Waals surface area contributed by atoms with Gasteiger partial charge in [0.15, 0.2) is 0 Å². The lowest BCUT2D eigenvalue weighted by Crippen LogP contribution is -1.95. The van der Waals surface area contributed by atoms with Crippen molar-refractivity contribution in [3.8, 4) is 0 Å². The van der Waals surface area contributed by atoms with Crippen molar-refractivity contribution in [3.63, 3.8) is 0 Å². The van der Waals surface area contributed by atoms with E-state index in [1.165, 1.54) is 23.5 Å². The van der Waals surface area contributed by atoms with E-state index < -0.39 is 17.0 Å². The summed E-state index contributed by atoms with van der Waals surface area (Å²) in [6.07, 6.45) is 0. The molecule has 18 heavy (non-hydrogen) atoms. The average Bonchev–Trinajstić information content (AvgIpc) is 2.87. The van der Waals surface area contributed by atoms with Gasteiger partial charge in [0.05, 0.1) is 5.38 Å². The lowest BCUT2D eigenvalue weighted by atomic mass is 10.1. The van der Waals surface area contributed by atoms with Gasteiger partial charge in [-0.05, 0) is 23.6 Å². The van der Waals surface area contributed by atoms with E-state index >= 15 is 0 Å². The van der Waals surface area contributed by atoms with E-state index in [1.807, 2.05) is 17.5 Å². The summed E-state index contributed by atoms with van der Waals surface area (Å²) in [5.41, 5.74) is 0.312. The molecular weight excluding hydrogens is 294 g/mol. The van der Waals surface area contributed by atoms with Crippen LogP contribution in [-0.2, 0) is 0 Å². The molecule has 1 aromatic carbocycles. The summed E-state index contributed by atoms with van der Waals surface area (Å²) in [6.45, 7) is 0. The number of rotatable bonds is 2. The molecule has 0 aliphatic carbocycles. The minimum atomic E-state index is -0.605. The molecule has 0 amide bonds. The van der Waals surface area contributed by atoms with Gasteiger partial charge in [-0.15, -0.1) is 34.3 Å². The van der Waals surface area contributed by atoms with Crippen LogP contribution in [0, 0.1) is 11.6 Å². The summed E-state index contributed by atoms with van der Waals surface area (Å²) >= 11 is 9.43. The smallest absolute Gasteiger partial charge is 0.131 e. The number of benzene rings is 1. The highest BCUT2D eigenvalue weighted by Gasteiger charge is 2.18. The van der Waals surface area contributed by atoms with Gasteiger partial charge in [0.1, 0.15) is 11.6 Å². The molecule has 92 valence electrons. The Morgan fingerprint density at radius 3 is 2.61 bits per heavy atom. The molecule has 0 spiro atoms. The molecule has 2 heterocycles. The minimum Gasteiger partial charge on any atom is -0.207 e. The Balaban J connectivity index is 2.03. The maximum Gasteiger partial charge on any atom is 0.131 e. The SMILES string of the molecule is Fc1ccc(C(Cl)c2cc3sccc3s2)c(F)c1. The van der Waals surface area contributed by atoms with Crippen LogP contribution < -0.4 is 0 Å². The van der Waals surface area contributed by atoms with Gasteiger partial charge >= 0.3 is 0 Å². The van der Waals surface area contributed by atoms with Crippen molar-refractivity contribution in [3.05, 3.63) is 57.8 Å². The molecule has 0 aliphatic rings. The molecule has 0 aliphatic heterocycles. The zero-order valence-corrected chi connectivity index (χ0v) is 11.4. The maximum atomic E-state index is 13.7. The predicted octanol–water partition coefficient (Wildman–Crippen LogP) is 5.57. The molecule has 0 nitrogen and oxygen atoms in total. The Kier molecular flexibility index (Phi) is 3.09. The van der Waals surface area contributed by atoms with Crippen molar-refractivity contribution in [1.29, 1.82) is 0 Å². The van der Waals surface area contributed by atoms with Gasteiger partial charge in [0.25, 0.3) is 0 Å². The van der Waals surface area contributed by atoms with Crippen LogP contribution in [0.3, 0.4) is 0 Å². The summed E-state index contributed by atoms with van der Waals surface area (Å²) < 4.78 is 28.8. The van der Waals surface area contributed by atoms with Crippen LogP contribution in [0.2, 0.25) is 0 Å². The average molecular weight is 301 g/mol. The zero-order valence-electron chi connectivity index (χ0n) is 8.99. The van der Waals surface area contributed by atoms with Crippen molar-refractivity contribution in [2.24, 2.45) is 0 Å². The van der Waals surface area contributed by atoms with Crippen molar-refractivity contribution in [1.82, 2.24) is 0 Å². The van der Waals surface area contributed by atoms with Crippen molar-refractivity contribution in [2.75, 3.05) is 0 Å². The van der Waals surface area contributed by atoms with E-state index in [2.05, 4.69) is 0 Å². The third-order valence-electron chi connectivity index (χ3n) is 2.64. The number of thiophene rings is 2. The lowest BCUT2D eigenvalue weighted by molar-refractivity contribution is 0.574. The first-order chi connectivity index (χ1) is 8.65. The number of fused-ring (bicyclic) bond motifs is 1. The fourth-order valence-corrected chi connectivity index (χ4v) is 4.26. The van der Waals surface area contributed by atoms with Gasteiger partial charge in [-0.25, -0.2) is 8.78 Å². The van der Waals surface area contributed by atoms with E-state index in [4.69, 9.17) is 11.6 Å². The van der Waals surface area contributed by atoms with E-state index in [0.717, 1.165) is 20.3 Å². The molecular formula is C13H7ClF2S2. The lowest BCUT2D eigenvalue weighted by Gasteiger charge is -2.08. The molecule has 0 N–H and O–H groups in total. The fraction of sp³-hybridized carbons (Fsp3) is 0.0769. The maximum absolute atomic E-state index is 13.7. The molecule has 0 bridgehead atoms. The van der Waals surface area contributed by atoms with E-state index in [1.54, 1.807) is 11.3 Å². The number of hydrogen-bond donors (Lipinski definition) is 0. The highest BCUT2D eigenvalue weighted by atomic mass is 35.5. The third-order valence-corrected chi connectivity index (χ3v) is 5.40. The van der Waals surface area contributed by atoms with Crippen LogP contribution in [0.5, 0.6) is 0 Å². The molecule has 5 heteroatoms. The Morgan fingerprint density at radius 1 is 1.06 bits per heavy atom. The van der Waals surface area contributed by atoms with Crippen LogP contribution in [0.4, 0.5) is 8.78 Å². The fourth-order valence-electron chi connectivity index (χ4n) is 1.77. The van der Waals surface area contributed by atoms with Crippen LogP contribution >= 0.6 is 34.3 Å². The number of alkyl halides is 1. The van der Waals surface area contributed by atoms with Crippen LogP contribution in [0.1, 0.15) is 15.8 Å². The first kappa shape index (κ1) is 12.1. The van der Waals surface area contributed by atoms with Gasteiger partial charge in [0.2, 0.25) is 0 Å². The van der Waals surface area contributed by atoms with E-state index in [0.29, 0.717) is 5.56 Å². The second-order valence-electron chi connectivity index (χ2n) is 3.83. The summed E-state index contributed by atoms with van der Waals surface area (Å²) in [5, 5.41) is 1.43. The number of hydrogen-bond acceptors (Lipinski definition) is 2. The Bertz CT molecular complexity index is 673. The molecule has 3 aromatic rings. The standard InChI is InChI=1S/C13H7ClF2S2/c14-13(8-2-1-7(15)5-9(8)16)12-6-11-10(18-12)3-4-17-11/h1-6,13H. The molecule has 0 saturated carbocycles. The molecule has 0 saturated heterocycles. The largest absolute Gasteiger partial charge is 0.207 e. The molecule has 1 unspecified atom stereocenters. The van der Waals surface area contributed by atoms with Crippen molar-refractivity contribution < 1.29 is 8.78 Å². The molecule has 0 radical (unpaired) electrons. The Labute approximate surface area is 115 Å². The van der Waals surface area contributed by atoms with Crippen LogP contribution in [-0.4, -0.2) is 0 Å². The second-order valence-corrected chi connectivity index (χ2v) is 6.33. The monoisotopic (exact) mass is 300 g/mol. The van der Waals surface area contributed by atoms with Gasteiger partial charge < -0.3 is 0 Å². The number of halogens is 3. The summed E-state index contributed by atoms with van der Waals surface area (Å²) in [5.74, 6) is -1.20. The summed E-state index contributed by atoms with van der Waals surface area (Å²) in [7, 11) is 0. The van der Waals surface area contributed by atoms with Crippen molar-refractivity contribution in [2.45, 2.75) is 5.38 Å². The highest BCUT2D eigenvalue weighted by Crippen LogP contribution is 2.39. The molecule has 1 atom stereocenters.